The number of nitrogens with zero attached hydrogens (tertiary/aromatic N) is 1. The Balaban J connectivity index is 1.82. The lowest BCUT2D eigenvalue weighted by atomic mass is 9.62. The van der Waals surface area contributed by atoms with Gasteiger partial charge in [-0.05, 0) is 49.9 Å². The molecule has 1 heteroatoms. The molecule has 1 nitrogen and oxygen atoms in total. The lowest BCUT2D eigenvalue weighted by Crippen LogP contribution is -2.32. The topological polar surface area (TPSA) is 23.8 Å². The van der Waals surface area contributed by atoms with Crippen molar-refractivity contribution in [2.45, 2.75) is 110 Å². The number of rotatable bonds is 8. The first-order valence-electron chi connectivity index (χ1n) is 10.6. The van der Waals surface area contributed by atoms with E-state index >= 15 is 0 Å². The van der Waals surface area contributed by atoms with Gasteiger partial charge >= 0.3 is 0 Å². The Hall–Kier alpha value is -0.510. The van der Waals surface area contributed by atoms with Gasteiger partial charge in [0.2, 0.25) is 0 Å². The van der Waals surface area contributed by atoms with Gasteiger partial charge in [0.05, 0.1) is 11.5 Å². The molecule has 0 N–H and O–H groups in total. The van der Waals surface area contributed by atoms with Gasteiger partial charge in [-0.25, -0.2) is 0 Å². The van der Waals surface area contributed by atoms with Gasteiger partial charge in [0.15, 0.2) is 0 Å². The van der Waals surface area contributed by atoms with E-state index in [1.54, 1.807) is 0 Å². The summed E-state index contributed by atoms with van der Waals surface area (Å²) in [5, 5.41) is 9.85. The first-order valence-corrected chi connectivity index (χ1v) is 10.6. The molecule has 2 rings (SSSR count). The van der Waals surface area contributed by atoms with Crippen LogP contribution in [-0.4, -0.2) is 0 Å². The van der Waals surface area contributed by atoms with E-state index in [-0.39, 0.29) is 5.41 Å². The fraction of sp³-hybridized carbons (Fsp3) is 0.955. The Kier molecular flexibility index (Phi) is 7.94. The lowest BCUT2D eigenvalue weighted by Gasteiger charge is -2.42. The monoisotopic (exact) mass is 317 g/mol. The van der Waals surface area contributed by atoms with Gasteiger partial charge in [-0.1, -0.05) is 78.1 Å². The Bertz CT molecular complexity index is 361. The zero-order valence-corrected chi connectivity index (χ0v) is 15.8. The normalized spacial score (nSPS) is 34.9. The van der Waals surface area contributed by atoms with E-state index in [1.165, 1.54) is 96.3 Å². The molecule has 0 bridgehead atoms. The molecule has 2 fully saturated rings. The summed E-state index contributed by atoms with van der Waals surface area (Å²) in [7, 11) is 0. The molecule has 2 aliphatic rings. The smallest absolute Gasteiger partial charge is 0.0689 e. The second-order valence-electron chi connectivity index (χ2n) is 8.63. The van der Waals surface area contributed by atoms with E-state index in [0.29, 0.717) is 0 Å². The second-order valence-corrected chi connectivity index (χ2v) is 8.63. The van der Waals surface area contributed by atoms with Crippen molar-refractivity contribution in [2.75, 3.05) is 0 Å². The van der Waals surface area contributed by atoms with Gasteiger partial charge in [0, 0.05) is 0 Å². The summed E-state index contributed by atoms with van der Waals surface area (Å²) in [5.74, 6) is 2.81. The van der Waals surface area contributed by atoms with Crippen LogP contribution in [0.25, 0.3) is 0 Å². The van der Waals surface area contributed by atoms with Crippen molar-refractivity contribution in [1.82, 2.24) is 0 Å². The van der Waals surface area contributed by atoms with Gasteiger partial charge in [-0.2, -0.15) is 5.26 Å². The van der Waals surface area contributed by atoms with Gasteiger partial charge < -0.3 is 0 Å². The average molecular weight is 318 g/mol. The van der Waals surface area contributed by atoms with Crippen LogP contribution in [0.5, 0.6) is 0 Å². The van der Waals surface area contributed by atoms with Crippen molar-refractivity contribution in [1.29, 1.82) is 5.26 Å². The fourth-order valence-electron chi connectivity index (χ4n) is 5.35. The second kappa shape index (κ2) is 9.71. The predicted octanol–water partition coefficient (Wildman–Crippen LogP) is 7.26. The highest BCUT2D eigenvalue weighted by molar-refractivity contribution is 5.03. The molecule has 0 aliphatic heterocycles. The predicted molar refractivity (Wildman–Crippen MR) is 99.1 cm³/mol. The first-order chi connectivity index (χ1) is 11.2. The first kappa shape index (κ1) is 18.8. The van der Waals surface area contributed by atoms with Crippen LogP contribution in [0, 0.1) is 34.5 Å². The Morgan fingerprint density at radius 2 is 1.65 bits per heavy atom. The maximum absolute atomic E-state index is 9.85. The number of unbranched alkanes of at least 4 members (excludes halogenated alkanes) is 3. The van der Waals surface area contributed by atoms with Crippen LogP contribution in [0.15, 0.2) is 0 Å². The summed E-state index contributed by atoms with van der Waals surface area (Å²) in [4.78, 5) is 0. The van der Waals surface area contributed by atoms with Gasteiger partial charge in [-0.3, -0.25) is 0 Å². The molecule has 2 unspecified atom stereocenters. The van der Waals surface area contributed by atoms with Gasteiger partial charge in [-0.15, -0.1) is 0 Å². The summed E-state index contributed by atoms with van der Waals surface area (Å²) in [6.07, 6.45) is 20.2. The summed E-state index contributed by atoms with van der Waals surface area (Å²) in [6.45, 7) is 4.58. The summed E-state index contributed by atoms with van der Waals surface area (Å²) in [5.41, 5.74) is 0.0388. The van der Waals surface area contributed by atoms with Crippen LogP contribution in [0.4, 0.5) is 0 Å². The maximum atomic E-state index is 9.85. The Labute approximate surface area is 145 Å². The van der Waals surface area contributed by atoms with Crippen LogP contribution >= 0.6 is 0 Å². The quantitative estimate of drug-likeness (QED) is 0.432. The molecular weight excluding hydrogens is 278 g/mol. The number of hydrogen-bond acceptors (Lipinski definition) is 1. The molecule has 0 heterocycles. The van der Waals surface area contributed by atoms with Crippen molar-refractivity contribution < 1.29 is 0 Å². The largest absolute Gasteiger partial charge is 0.198 e. The highest BCUT2D eigenvalue weighted by atomic mass is 14.5. The third kappa shape index (κ3) is 5.51. The van der Waals surface area contributed by atoms with E-state index < -0.39 is 0 Å². The number of nitriles is 1. The molecule has 2 aliphatic carbocycles. The molecule has 0 aromatic carbocycles. The SMILES string of the molecule is CCCCCC1(C#N)CCCC([C@H]2CC[C@H](CCCC)CC2)C1. The number of hydrogen-bond donors (Lipinski definition) is 0. The third-order valence-corrected chi connectivity index (χ3v) is 6.90. The van der Waals surface area contributed by atoms with Crippen molar-refractivity contribution in [3.8, 4) is 6.07 Å². The van der Waals surface area contributed by atoms with Crippen LogP contribution < -0.4 is 0 Å². The zero-order chi connectivity index (χ0) is 16.5. The summed E-state index contributed by atoms with van der Waals surface area (Å²) >= 11 is 0. The molecule has 0 amide bonds. The van der Waals surface area contributed by atoms with Gasteiger partial charge in [0.25, 0.3) is 0 Å². The average Bonchev–Trinajstić information content (AvgIpc) is 2.61. The minimum absolute atomic E-state index is 0.0388. The van der Waals surface area contributed by atoms with Crippen molar-refractivity contribution >= 4 is 0 Å². The van der Waals surface area contributed by atoms with Crippen molar-refractivity contribution in [3.63, 3.8) is 0 Å². The molecule has 0 aromatic rings. The Morgan fingerprint density at radius 1 is 0.913 bits per heavy atom. The molecule has 0 spiro atoms. The van der Waals surface area contributed by atoms with Crippen molar-refractivity contribution in [2.24, 2.45) is 23.2 Å². The van der Waals surface area contributed by atoms with E-state index in [1.807, 2.05) is 0 Å². The minimum Gasteiger partial charge on any atom is -0.198 e. The fourth-order valence-corrected chi connectivity index (χ4v) is 5.35. The van der Waals surface area contributed by atoms with E-state index in [9.17, 15) is 5.26 Å². The highest BCUT2D eigenvalue weighted by Gasteiger charge is 2.39. The van der Waals surface area contributed by atoms with Crippen LogP contribution in [0.2, 0.25) is 0 Å². The molecule has 2 saturated carbocycles. The van der Waals surface area contributed by atoms with Crippen molar-refractivity contribution in [3.05, 3.63) is 0 Å². The van der Waals surface area contributed by atoms with Crippen LogP contribution in [0.3, 0.4) is 0 Å². The third-order valence-electron chi connectivity index (χ3n) is 6.90. The van der Waals surface area contributed by atoms with E-state index in [4.69, 9.17) is 0 Å². The molecule has 0 radical (unpaired) electrons. The summed E-state index contributed by atoms with van der Waals surface area (Å²) in [6, 6.07) is 2.78. The molecule has 23 heavy (non-hydrogen) atoms. The molecule has 0 aromatic heterocycles. The standard InChI is InChI=1S/C22H39N/c1-3-5-7-15-22(18-23)16-8-10-21(17-22)20-13-11-19(12-14-20)9-6-4-2/h19-21H,3-17H2,1-2H3/t19-,20-,21?,22?. The Morgan fingerprint density at radius 3 is 2.30 bits per heavy atom. The highest BCUT2D eigenvalue weighted by Crippen LogP contribution is 2.48. The molecular formula is C22H39N. The molecule has 132 valence electrons. The molecule has 0 saturated heterocycles. The van der Waals surface area contributed by atoms with E-state index in [2.05, 4.69) is 19.9 Å². The minimum atomic E-state index is 0.0388. The summed E-state index contributed by atoms with van der Waals surface area (Å²) < 4.78 is 0. The lowest BCUT2D eigenvalue weighted by molar-refractivity contribution is 0.102. The van der Waals surface area contributed by atoms with E-state index in [0.717, 1.165) is 17.8 Å². The van der Waals surface area contributed by atoms with Crippen LogP contribution in [0.1, 0.15) is 110 Å². The van der Waals surface area contributed by atoms with Gasteiger partial charge in [0.1, 0.15) is 0 Å². The van der Waals surface area contributed by atoms with Crippen LogP contribution in [-0.2, 0) is 0 Å². The maximum Gasteiger partial charge on any atom is 0.0689 e. The zero-order valence-electron chi connectivity index (χ0n) is 15.8. The molecule has 2 atom stereocenters.